The smallest absolute Gasteiger partial charge is 0.365 e. The predicted octanol–water partition coefficient (Wildman–Crippen LogP) is 3.50. The molecule has 0 amide bonds. The highest BCUT2D eigenvalue weighted by Gasteiger charge is 2.43. The predicted molar refractivity (Wildman–Crippen MR) is 65.2 cm³/mol. The summed E-state index contributed by atoms with van der Waals surface area (Å²) in [6.45, 7) is 6.24. The first kappa shape index (κ1) is 15.8. The largest absolute Gasteiger partial charge is 0.414 e. The third-order valence-electron chi connectivity index (χ3n) is 3.50. The van der Waals surface area contributed by atoms with Crippen LogP contribution in [-0.4, -0.2) is 24.9 Å². The van der Waals surface area contributed by atoms with Gasteiger partial charge in [0.15, 0.2) is 6.10 Å². The standard InChI is InChI=1S/C13H24F3NO/c1-9-6-10(8-12(2,3)7-9)18-11(4-5-17)13(14,15)16/h9-11H,4-8,17H2,1-3H3. The van der Waals surface area contributed by atoms with E-state index in [2.05, 4.69) is 20.8 Å². The van der Waals surface area contributed by atoms with E-state index in [1.807, 2.05) is 0 Å². The Morgan fingerprint density at radius 1 is 1.33 bits per heavy atom. The van der Waals surface area contributed by atoms with Gasteiger partial charge in [-0.25, -0.2) is 0 Å². The highest BCUT2D eigenvalue weighted by atomic mass is 19.4. The van der Waals surface area contributed by atoms with Crippen LogP contribution in [0.15, 0.2) is 0 Å². The van der Waals surface area contributed by atoms with Crippen LogP contribution in [0.4, 0.5) is 13.2 Å². The molecule has 1 aliphatic carbocycles. The molecule has 2 nitrogen and oxygen atoms in total. The molecule has 0 aliphatic heterocycles. The van der Waals surface area contributed by atoms with Crippen LogP contribution in [-0.2, 0) is 4.74 Å². The molecular formula is C13H24F3NO. The highest BCUT2D eigenvalue weighted by Crippen LogP contribution is 2.41. The summed E-state index contributed by atoms with van der Waals surface area (Å²) in [4.78, 5) is 0. The number of rotatable bonds is 4. The normalized spacial score (nSPS) is 30.2. The van der Waals surface area contributed by atoms with E-state index in [0.717, 1.165) is 6.42 Å². The second kappa shape index (κ2) is 5.78. The van der Waals surface area contributed by atoms with E-state index in [-0.39, 0.29) is 24.5 Å². The molecule has 0 aromatic carbocycles. The zero-order chi connectivity index (χ0) is 14.0. The maximum Gasteiger partial charge on any atom is 0.414 e. The Morgan fingerprint density at radius 3 is 2.39 bits per heavy atom. The summed E-state index contributed by atoms with van der Waals surface area (Å²) >= 11 is 0. The molecule has 0 aromatic rings. The zero-order valence-corrected chi connectivity index (χ0v) is 11.4. The Labute approximate surface area is 107 Å². The molecule has 1 rings (SSSR count). The van der Waals surface area contributed by atoms with Gasteiger partial charge in [0.25, 0.3) is 0 Å². The van der Waals surface area contributed by atoms with Crippen LogP contribution in [0.3, 0.4) is 0 Å². The molecule has 108 valence electrons. The van der Waals surface area contributed by atoms with Gasteiger partial charge >= 0.3 is 6.18 Å². The van der Waals surface area contributed by atoms with Crippen LogP contribution in [0.2, 0.25) is 0 Å². The fourth-order valence-electron chi connectivity index (χ4n) is 3.05. The minimum absolute atomic E-state index is 0.00412. The molecule has 0 heterocycles. The van der Waals surface area contributed by atoms with E-state index in [0.29, 0.717) is 18.8 Å². The lowest BCUT2D eigenvalue weighted by Gasteiger charge is -2.40. The van der Waals surface area contributed by atoms with Gasteiger partial charge in [-0.1, -0.05) is 20.8 Å². The molecule has 3 atom stereocenters. The third-order valence-corrected chi connectivity index (χ3v) is 3.50. The Hall–Kier alpha value is -0.290. The topological polar surface area (TPSA) is 35.2 Å². The number of hydrogen-bond acceptors (Lipinski definition) is 2. The summed E-state index contributed by atoms with van der Waals surface area (Å²) in [7, 11) is 0. The maximum absolute atomic E-state index is 12.8. The van der Waals surface area contributed by atoms with E-state index in [1.54, 1.807) is 0 Å². The number of halogens is 3. The quantitative estimate of drug-likeness (QED) is 0.846. The number of hydrogen-bond donors (Lipinski definition) is 1. The number of ether oxygens (including phenoxy) is 1. The Bertz CT molecular complexity index is 265. The molecular weight excluding hydrogens is 243 g/mol. The lowest BCUT2D eigenvalue weighted by atomic mass is 9.71. The van der Waals surface area contributed by atoms with Crippen molar-refractivity contribution in [3.05, 3.63) is 0 Å². The number of nitrogens with two attached hydrogens (primary N) is 1. The molecule has 18 heavy (non-hydrogen) atoms. The summed E-state index contributed by atoms with van der Waals surface area (Å²) < 4.78 is 43.6. The minimum Gasteiger partial charge on any atom is -0.365 e. The van der Waals surface area contributed by atoms with Crippen molar-refractivity contribution in [2.45, 2.75) is 64.8 Å². The van der Waals surface area contributed by atoms with E-state index >= 15 is 0 Å². The molecule has 0 saturated heterocycles. The molecule has 2 N–H and O–H groups in total. The van der Waals surface area contributed by atoms with Gasteiger partial charge in [-0.05, 0) is 43.6 Å². The van der Waals surface area contributed by atoms with Crippen molar-refractivity contribution in [2.75, 3.05) is 6.54 Å². The molecule has 0 radical (unpaired) electrons. The average Bonchev–Trinajstić information content (AvgIpc) is 2.12. The first-order valence-corrected chi connectivity index (χ1v) is 6.56. The van der Waals surface area contributed by atoms with Crippen molar-refractivity contribution < 1.29 is 17.9 Å². The molecule has 1 saturated carbocycles. The van der Waals surface area contributed by atoms with Crippen LogP contribution in [0.1, 0.15) is 46.5 Å². The molecule has 0 spiro atoms. The maximum atomic E-state index is 12.8. The van der Waals surface area contributed by atoms with Crippen LogP contribution in [0.25, 0.3) is 0 Å². The summed E-state index contributed by atoms with van der Waals surface area (Å²) in [6, 6.07) is 0. The van der Waals surface area contributed by atoms with Gasteiger partial charge in [-0.3, -0.25) is 0 Å². The van der Waals surface area contributed by atoms with Crippen molar-refractivity contribution in [1.82, 2.24) is 0 Å². The first-order valence-electron chi connectivity index (χ1n) is 6.56. The van der Waals surface area contributed by atoms with Gasteiger partial charge < -0.3 is 10.5 Å². The lowest BCUT2D eigenvalue weighted by Crippen LogP contribution is -2.41. The highest BCUT2D eigenvalue weighted by molar-refractivity contribution is 4.85. The van der Waals surface area contributed by atoms with Crippen molar-refractivity contribution in [3.8, 4) is 0 Å². The number of alkyl halides is 3. The van der Waals surface area contributed by atoms with Crippen LogP contribution >= 0.6 is 0 Å². The van der Waals surface area contributed by atoms with Crippen molar-refractivity contribution in [2.24, 2.45) is 17.1 Å². The third kappa shape index (κ3) is 4.76. The minimum atomic E-state index is -4.32. The first-order chi connectivity index (χ1) is 8.14. The zero-order valence-electron chi connectivity index (χ0n) is 11.4. The summed E-state index contributed by atoms with van der Waals surface area (Å²) in [5.41, 5.74) is 5.29. The Balaban J connectivity index is 2.63. The fraction of sp³-hybridized carbons (Fsp3) is 1.00. The van der Waals surface area contributed by atoms with E-state index < -0.39 is 12.3 Å². The molecule has 1 aliphatic rings. The summed E-state index contributed by atoms with van der Waals surface area (Å²) in [6.07, 6.45) is -4.05. The van der Waals surface area contributed by atoms with Gasteiger partial charge in [0.1, 0.15) is 0 Å². The lowest BCUT2D eigenvalue weighted by molar-refractivity contribution is -0.241. The van der Waals surface area contributed by atoms with E-state index in [9.17, 15) is 13.2 Å². The second-order valence-corrected chi connectivity index (χ2v) is 6.28. The van der Waals surface area contributed by atoms with Crippen molar-refractivity contribution in [3.63, 3.8) is 0 Å². The Kier molecular flexibility index (Phi) is 5.06. The second-order valence-electron chi connectivity index (χ2n) is 6.28. The van der Waals surface area contributed by atoms with Gasteiger partial charge in [-0.15, -0.1) is 0 Å². The van der Waals surface area contributed by atoms with Gasteiger partial charge in [0.05, 0.1) is 6.10 Å². The summed E-state index contributed by atoms with van der Waals surface area (Å²) in [5.74, 6) is 0.408. The monoisotopic (exact) mass is 267 g/mol. The molecule has 0 bridgehead atoms. The van der Waals surface area contributed by atoms with Gasteiger partial charge in [-0.2, -0.15) is 13.2 Å². The fourth-order valence-corrected chi connectivity index (χ4v) is 3.05. The van der Waals surface area contributed by atoms with Crippen molar-refractivity contribution in [1.29, 1.82) is 0 Å². The SMILES string of the molecule is CC1CC(OC(CCN)C(F)(F)F)CC(C)(C)C1. The average molecular weight is 267 g/mol. The van der Waals surface area contributed by atoms with E-state index in [4.69, 9.17) is 10.5 Å². The molecule has 3 unspecified atom stereocenters. The van der Waals surface area contributed by atoms with Crippen LogP contribution < -0.4 is 5.73 Å². The van der Waals surface area contributed by atoms with Gasteiger partial charge in [0, 0.05) is 0 Å². The molecule has 5 heteroatoms. The van der Waals surface area contributed by atoms with E-state index in [1.165, 1.54) is 0 Å². The van der Waals surface area contributed by atoms with Gasteiger partial charge in [0.2, 0.25) is 0 Å². The summed E-state index contributed by atoms with van der Waals surface area (Å²) in [5, 5.41) is 0. The Morgan fingerprint density at radius 2 is 1.94 bits per heavy atom. The molecule has 0 aromatic heterocycles. The van der Waals surface area contributed by atoms with Crippen LogP contribution in [0.5, 0.6) is 0 Å². The molecule has 1 fully saturated rings. The van der Waals surface area contributed by atoms with Crippen LogP contribution in [0, 0.1) is 11.3 Å². The van der Waals surface area contributed by atoms with Crippen molar-refractivity contribution >= 4 is 0 Å².